The molecule has 4 rings (SSSR count). The standard InChI is InChI=1S/C22H23NO4/c1-2-26-22(25)16-7-5-11-23(13-16)14-17-12-20(24)27-19-10-9-15-6-3-4-8-18(15)21(17)19/h3-4,6,8-10,12,16H,2,5,7,11,13-14H2,1H3/t16-/m0/s1. The van der Waals surface area contributed by atoms with E-state index in [-0.39, 0.29) is 17.5 Å². The summed E-state index contributed by atoms with van der Waals surface area (Å²) in [4.78, 5) is 26.4. The van der Waals surface area contributed by atoms with E-state index < -0.39 is 0 Å². The fraction of sp³-hybridized carbons (Fsp3) is 0.364. The first-order valence-corrected chi connectivity index (χ1v) is 9.49. The number of hydrogen-bond acceptors (Lipinski definition) is 5. The Hall–Kier alpha value is -2.66. The summed E-state index contributed by atoms with van der Waals surface area (Å²) in [7, 11) is 0. The number of nitrogens with zero attached hydrogens (tertiary/aromatic N) is 1. The van der Waals surface area contributed by atoms with Crippen molar-refractivity contribution in [2.24, 2.45) is 5.92 Å². The molecule has 1 fully saturated rings. The molecule has 0 saturated carbocycles. The molecule has 0 bridgehead atoms. The number of rotatable bonds is 4. The molecule has 2 aromatic carbocycles. The van der Waals surface area contributed by atoms with Gasteiger partial charge in [0.2, 0.25) is 0 Å². The number of benzene rings is 2. The lowest BCUT2D eigenvalue weighted by atomic mass is 9.96. The predicted molar refractivity (Wildman–Crippen MR) is 105 cm³/mol. The predicted octanol–water partition coefficient (Wildman–Crippen LogP) is 3.72. The monoisotopic (exact) mass is 365 g/mol. The molecule has 5 heteroatoms. The highest BCUT2D eigenvalue weighted by atomic mass is 16.5. The fourth-order valence-electron chi connectivity index (χ4n) is 4.04. The first-order chi connectivity index (χ1) is 13.2. The number of carbonyl (C=O) groups excluding carboxylic acids is 1. The highest BCUT2D eigenvalue weighted by Gasteiger charge is 2.27. The number of esters is 1. The molecule has 0 aliphatic carbocycles. The van der Waals surface area contributed by atoms with Gasteiger partial charge in [-0.15, -0.1) is 0 Å². The van der Waals surface area contributed by atoms with Crippen LogP contribution >= 0.6 is 0 Å². The first-order valence-electron chi connectivity index (χ1n) is 9.49. The molecule has 0 N–H and O–H groups in total. The van der Waals surface area contributed by atoms with Crippen molar-refractivity contribution >= 4 is 27.7 Å². The second-order valence-corrected chi connectivity index (χ2v) is 7.08. The molecule has 140 valence electrons. The van der Waals surface area contributed by atoms with Gasteiger partial charge in [0.15, 0.2) is 0 Å². The third kappa shape index (κ3) is 3.60. The SMILES string of the molecule is CCOC(=O)[C@H]1CCCN(Cc2cc(=O)oc3ccc4ccccc4c23)C1. The topological polar surface area (TPSA) is 59.8 Å². The van der Waals surface area contributed by atoms with Gasteiger partial charge in [-0.05, 0) is 48.7 Å². The van der Waals surface area contributed by atoms with Crippen LogP contribution in [0.4, 0.5) is 0 Å². The Labute approximate surface area is 157 Å². The molecule has 5 nitrogen and oxygen atoms in total. The van der Waals surface area contributed by atoms with E-state index in [1.807, 2.05) is 31.2 Å². The zero-order valence-corrected chi connectivity index (χ0v) is 15.4. The molecule has 3 aromatic rings. The molecular weight excluding hydrogens is 342 g/mol. The molecule has 1 aliphatic rings. The van der Waals surface area contributed by atoms with E-state index in [1.165, 1.54) is 0 Å². The van der Waals surface area contributed by atoms with Gasteiger partial charge in [0.05, 0.1) is 12.5 Å². The largest absolute Gasteiger partial charge is 0.466 e. The molecule has 2 heterocycles. The number of likely N-dealkylation sites (tertiary alicyclic amines) is 1. The molecule has 0 radical (unpaired) electrons. The summed E-state index contributed by atoms with van der Waals surface area (Å²) < 4.78 is 10.6. The van der Waals surface area contributed by atoms with Crippen molar-refractivity contribution in [1.82, 2.24) is 4.90 Å². The van der Waals surface area contributed by atoms with Gasteiger partial charge in [-0.25, -0.2) is 4.79 Å². The molecule has 1 aliphatic heterocycles. The highest BCUT2D eigenvalue weighted by Crippen LogP contribution is 2.29. The van der Waals surface area contributed by atoms with E-state index in [0.717, 1.165) is 41.1 Å². The van der Waals surface area contributed by atoms with E-state index >= 15 is 0 Å². The minimum absolute atomic E-state index is 0.0955. The highest BCUT2D eigenvalue weighted by molar-refractivity contribution is 6.07. The van der Waals surface area contributed by atoms with E-state index in [1.54, 1.807) is 6.07 Å². The quantitative estimate of drug-likeness (QED) is 0.401. The second-order valence-electron chi connectivity index (χ2n) is 7.08. The number of fused-ring (bicyclic) bond motifs is 3. The van der Waals surface area contributed by atoms with Gasteiger partial charge in [-0.1, -0.05) is 30.3 Å². The first kappa shape index (κ1) is 17.7. The van der Waals surface area contributed by atoms with Crippen LogP contribution in [-0.4, -0.2) is 30.6 Å². The lowest BCUT2D eigenvalue weighted by molar-refractivity contribution is -0.150. The maximum Gasteiger partial charge on any atom is 0.336 e. The normalized spacial score (nSPS) is 18.0. The van der Waals surface area contributed by atoms with Gasteiger partial charge >= 0.3 is 11.6 Å². The molecule has 1 saturated heterocycles. The van der Waals surface area contributed by atoms with Crippen molar-refractivity contribution in [3.8, 4) is 0 Å². The van der Waals surface area contributed by atoms with Crippen LogP contribution in [0.25, 0.3) is 21.7 Å². The summed E-state index contributed by atoms with van der Waals surface area (Å²) in [6, 6.07) is 13.5. The van der Waals surface area contributed by atoms with Crippen molar-refractivity contribution in [3.05, 3.63) is 58.4 Å². The van der Waals surface area contributed by atoms with Gasteiger partial charge in [-0.2, -0.15) is 0 Å². The zero-order chi connectivity index (χ0) is 18.8. The van der Waals surface area contributed by atoms with Crippen LogP contribution in [0.5, 0.6) is 0 Å². The van der Waals surface area contributed by atoms with Crippen molar-refractivity contribution in [3.63, 3.8) is 0 Å². The average Bonchev–Trinajstić information content (AvgIpc) is 2.68. The van der Waals surface area contributed by atoms with Crippen LogP contribution < -0.4 is 5.63 Å². The number of hydrogen-bond donors (Lipinski definition) is 0. The molecule has 0 spiro atoms. The van der Waals surface area contributed by atoms with E-state index in [0.29, 0.717) is 25.3 Å². The summed E-state index contributed by atoms with van der Waals surface area (Å²) in [5.74, 6) is -0.216. The Kier molecular flexibility index (Phi) is 4.94. The van der Waals surface area contributed by atoms with Gasteiger partial charge in [0, 0.05) is 24.5 Å². The van der Waals surface area contributed by atoms with E-state index in [2.05, 4.69) is 17.0 Å². The van der Waals surface area contributed by atoms with Crippen LogP contribution in [0.2, 0.25) is 0 Å². The lowest BCUT2D eigenvalue weighted by Gasteiger charge is -2.31. The minimum Gasteiger partial charge on any atom is -0.466 e. The van der Waals surface area contributed by atoms with Gasteiger partial charge in [-0.3, -0.25) is 9.69 Å². The summed E-state index contributed by atoms with van der Waals surface area (Å²) in [6.45, 7) is 4.42. The second kappa shape index (κ2) is 7.53. The molecule has 1 aromatic heterocycles. The fourth-order valence-corrected chi connectivity index (χ4v) is 4.04. The molecule has 0 amide bonds. The Balaban J connectivity index is 1.70. The molecular formula is C22H23NO4. The minimum atomic E-state index is -0.341. The van der Waals surface area contributed by atoms with E-state index in [4.69, 9.17) is 9.15 Å². The van der Waals surface area contributed by atoms with Gasteiger partial charge in [0.1, 0.15) is 5.58 Å². The number of carbonyl (C=O) groups is 1. The van der Waals surface area contributed by atoms with Gasteiger partial charge in [0.25, 0.3) is 0 Å². The van der Waals surface area contributed by atoms with Crippen LogP contribution in [0.15, 0.2) is 51.7 Å². The third-order valence-corrected chi connectivity index (χ3v) is 5.23. The van der Waals surface area contributed by atoms with Crippen molar-refractivity contribution in [2.45, 2.75) is 26.3 Å². The maximum absolute atomic E-state index is 12.1. The average molecular weight is 365 g/mol. The van der Waals surface area contributed by atoms with Crippen LogP contribution in [-0.2, 0) is 16.1 Å². The third-order valence-electron chi connectivity index (χ3n) is 5.23. The smallest absolute Gasteiger partial charge is 0.336 e. The Morgan fingerprint density at radius 3 is 2.96 bits per heavy atom. The summed E-state index contributed by atoms with van der Waals surface area (Å²) >= 11 is 0. The van der Waals surface area contributed by atoms with Gasteiger partial charge < -0.3 is 9.15 Å². The Bertz CT molecular complexity index is 1040. The Morgan fingerprint density at radius 2 is 2.11 bits per heavy atom. The summed E-state index contributed by atoms with van der Waals surface area (Å²) in [5, 5.41) is 3.17. The molecule has 0 unspecified atom stereocenters. The van der Waals surface area contributed by atoms with Crippen LogP contribution in [0.3, 0.4) is 0 Å². The lowest BCUT2D eigenvalue weighted by Crippen LogP contribution is -2.39. The molecule has 27 heavy (non-hydrogen) atoms. The Morgan fingerprint density at radius 1 is 1.26 bits per heavy atom. The van der Waals surface area contributed by atoms with E-state index in [9.17, 15) is 9.59 Å². The summed E-state index contributed by atoms with van der Waals surface area (Å²) in [6.07, 6.45) is 1.81. The summed E-state index contributed by atoms with van der Waals surface area (Å²) in [5.41, 5.74) is 1.21. The van der Waals surface area contributed by atoms with Crippen LogP contribution in [0.1, 0.15) is 25.3 Å². The molecule has 1 atom stereocenters. The zero-order valence-electron chi connectivity index (χ0n) is 15.4. The van der Waals surface area contributed by atoms with Crippen molar-refractivity contribution < 1.29 is 13.9 Å². The van der Waals surface area contributed by atoms with Crippen molar-refractivity contribution in [1.29, 1.82) is 0 Å². The number of ether oxygens (including phenoxy) is 1. The maximum atomic E-state index is 12.1. The van der Waals surface area contributed by atoms with Crippen LogP contribution in [0, 0.1) is 5.92 Å². The number of piperidine rings is 1. The van der Waals surface area contributed by atoms with Crippen molar-refractivity contribution in [2.75, 3.05) is 19.7 Å².